The highest BCUT2D eigenvalue weighted by atomic mass is 79.9. The van der Waals surface area contributed by atoms with Gasteiger partial charge in [-0.05, 0) is 53.9 Å². The number of piperidine rings is 1. The molecule has 5 nitrogen and oxygen atoms in total. The van der Waals surface area contributed by atoms with Gasteiger partial charge in [-0.15, -0.1) is 12.4 Å². The van der Waals surface area contributed by atoms with Crippen LogP contribution >= 0.6 is 28.3 Å². The molecule has 1 atom stereocenters. The number of hydrogen-bond donors (Lipinski definition) is 2. The molecule has 1 amide bonds. The molecular formula is C16H24BrClN2O3. The second-order valence-corrected chi connectivity index (χ2v) is 6.21. The van der Waals surface area contributed by atoms with Crippen molar-refractivity contribution in [3.63, 3.8) is 0 Å². The van der Waals surface area contributed by atoms with Gasteiger partial charge in [-0.3, -0.25) is 4.79 Å². The molecule has 1 fully saturated rings. The van der Waals surface area contributed by atoms with Crippen LogP contribution in [0.4, 0.5) is 0 Å². The lowest BCUT2D eigenvalue weighted by Gasteiger charge is -2.24. The summed E-state index contributed by atoms with van der Waals surface area (Å²) in [5.74, 6) is 1.12. The minimum atomic E-state index is -0.0882. The highest BCUT2D eigenvalue weighted by molar-refractivity contribution is 9.10. The number of methoxy groups -OCH3 is 1. The van der Waals surface area contributed by atoms with Gasteiger partial charge in [0.25, 0.3) is 5.91 Å². The summed E-state index contributed by atoms with van der Waals surface area (Å²) in [4.78, 5) is 12.4. The monoisotopic (exact) mass is 406 g/mol. The number of carbonyl (C=O) groups excluding carboxylic acids is 1. The standard InChI is InChI=1S/C16H23BrN2O3.ClH/c1-3-7-22-15-13(17)8-11(9-14(15)21-2)16(20)19-12-5-4-6-18-10-12;/h8-9,12,18H,3-7,10H2,1-2H3,(H,19,20);1H. The molecular weight excluding hydrogens is 384 g/mol. The summed E-state index contributed by atoms with van der Waals surface area (Å²) in [5, 5.41) is 6.35. The molecule has 130 valence electrons. The molecule has 1 aromatic carbocycles. The Kier molecular flexibility index (Phi) is 8.73. The van der Waals surface area contributed by atoms with Crippen molar-refractivity contribution in [3.8, 4) is 11.5 Å². The molecule has 0 aromatic heterocycles. The summed E-state index contributed by atoms with van der Waals surface area (Å²) in [5.41, 5.74) is 0.568. The van der Waals surface area contributed by atoms with E-state index in [1.807, 2.05) is 6.92 Å². The molecule has 0 bridgehead atoms. The molecule has 7 heteroatoms. The highest BCUT2D eigenvalue weighted by Gasteiger charge is 2.19. The summed E-state index contributed by atoms with van der Waals surface area (Å²) >= 11 is 3.47. The van der Waals surface area contributed by atoms with Crippen LogP contribution in [0.5, 0.6) is 11.5 Å². The highest BCUT2D eigenvalue weighted by Crippen LogP contribution is 2.36. The number of nitrogens with one attached hydrogen (secondary N) is 2. The first-order valence-corrected chi connectivity index (χ1v) is 8.47. The maximum atomic E-state index is 12.4. The molecule has 0 radical (unpaired) electrons. The zero-order chi connectivity index (χ0) is 15.9. The fourth-order valence-electron chi connectivity index (χ4n) is 2.44. The zero-order valence-electron chi connectivity index (χ0n) is 13.5. The fourth-order valence-corrected chi connectivity index (χ4v) is 3.00. The molecule has 2 rings (SSSR count). The maximum absolute atomic E-state index is 12.4. The predicted molar refractivity (Wildman–Crippen MR) is 97.1 cm³/mol. The number of ether oxygens (including phenoxy) is 2. The molecule has 1 heterocycles. The molecule has 1 aromatic rings. The predicted octanol–water partition coefficient (Wildman–Crippen LogP) is 3.15. The Balaban J connectivity index is 0.00000264. The lowest BCUT2D eigenvalue weighted by Crippen LogP contribution is -2.45. The van der Waals surface area contributed by atoms with Crippen molar-refractivity contribution in [1.29, 1.82) is 0 Å². The van der Waals surface area contributed by atoms with E-state index in [1.54, 1.807) is 19.2 Å². The maximum Gasteiger partial charge on any atom is 0.251 e. The second kappa shape index (κ2) is 10.0. The van der Waals surface area contributed by atoms with Gasteiger partial charge in [-0.2, -0.15) is 0 Å². The van der Waals surface area contributed by atoms with Gasteiger partial charge in [0, 0.05) is 18.2 Å². The van der Waals surface area contributed by atoms with Gasteiger partial charge in [0.05, 0.1) is 18.2 Å². The van der Waals surface area contributed by atoms with Gasteiger partial charge in [0.1, 0.15) is 0 Å². The largest absolute Gasteiger partial charge is 0.493 e. The topological polar surface area (TPSA) is 59.6 Å². The van der Waals surface area contributed by atoms with Crippen molar-refractivity contribution in [2.24, 2.45) is 0 Å². The van der Waals surface area contributed by atoms with E-state index in [1.165, 1.54) is 0 Å². The van der Waals surface area contributed by atoms with Gasteiger partial charge in [-0.25, -0.2) is 0 Å². The quantitative estimate of drug-likeness (QED) is 0.760. The summed E-state index contributed by atoms with van der Waals surface area (Å²) in [7, 11) is 1.58. The SMILES string of the molecule is CCCOc1c(Br)cc(C(=O)NC2CCCNC2)cc1OC.Cl. The van der Waals surface area contributed by atoms with Crippen molar-refractivity contribution < 1.29 is 14.3 Å². The van der Waals surface area contributed by atoms with E-state index < -0.39 is 0 Å². The van der Waals surface area contributed by atoms with Crippen LogP contribution in [0.2, 0.25) is 0 Å². The average Bonchev–Trinajstić information content (AvgIpc) is 2.54. The van der Waals surface area contributed by atoms with E-state index >= 15 is 0 Å². The van der Waals surface area contributed by atoms with Crippen molar-refractivity contribution in [2.75, 3.05) is 26.8 Å². The van der Waals surface area contributed by atoms with Crippen LogP contribution in [-0.4, -0.2) is 38.8 Å². The van der Waals surface area contributed by atoms with Crippen molar-refractivity contribution in [1.82, 2.24) is 10.6 Å². The Morgan fingerprint density at radius 2 is 2.26 bits per heavy atom. The molecule has 23 heavy (non-hydrogen) atoms. The smallest absolute Gasteiger partial charge is 0.251 e. The number of hydrogen-bond acceptors (Lipinski definition) is 4. The molecule has 0 aliphatic carbocycles. The van der Waals surface area contributed by atoms with Crippen LogP contribution in [0.25, 0.3) is 0 Å². The normalized spacial score (nSPS) is 17.1. The fraction of sp³-hybridized carbons (Fsp3) is 0.562. The third-order valence-corrected chi connectivity index (χ3v) is 4.16. The van der Waals surface area contributed by atoms with Gasteiger partial charge in [0.15, 0.2) is 11.5 Å². The van der Waals surface area contributed by atoms with Gasteiger partial charge < -0.3 is 20.1 Å². The van der Waals surface area contributed by atoms with Gasteiger partial charge in [0.2, 0.25) is 0 Å². The van der Waals surface area contributed by atoms with Gasteiger partial charge in [-0.1, -0.05) is 6.92 Å². The van der Waals surface area contributed by atoms with Crippen molar-refractivity contribution in [3.05, 3.63) is 22.2 Å². The first-order chi connectivity index (χ1) is 10.7. The summed E-state index contributed by atoms with van der Waals surface area (Å²) < 4.78 is 11.8. The molecule has 2 N–H and O–H groups in total. The Labute approximate surface area is 152 Å². The Morgan fingerprint density at radius 3 is 2.87 bits per heavy atom. The Bertz CT molecular complexity index is 522. The summed E-state index contributed by atoms with van der Waals surface area (Å²) in [6, 6.07) is 3.68. The zero-order valence-corrected chi connectivity index (χ0v) is 15.9. The molecule has 1 unspecified atom stereocenters. The summed E-state index contributed by atoms with van der Waals surface area (Å²) in [6.45, 7) is 4.49. The molecule has 1 saturated heterocycles. The van der Waals surface area contributed by atoms with E-state index in [0.717, 1.165) is 36.8 Å². The van der Waals surface area contributed by atoms with Crippen LogP contribution in [0.1, 0.15) is 36.5 Å². The first kappa shape index (κ1) is 20.1. The third kappa shape index (κ3) is 5.55. The molecule has 0 saturated carbocycles. The molecule has 1 aliphatic rings. The van der Waals surface area contributed by atoms with Crippen LogP contribution in [0.3, 0.4) is 0 Å². The van der Waals surface area contributed by atoms with E-state index in [4.69, 9.17) is 9.47 Å². The van der Waals surface area contributed by atoms with E-state index in [2.05, 4.69) is 26.6 Å². The van der Waals surface area contributed by atoms with Crippen LogP contribution in [-0.2, 0) is 0 Å². The minimum absolute atomic E-state index is 0. The molecule has 1 aliphatic heterocycles. The van der Waals surface area contributed by atoms with Crippen LogP contribution in [0.15, 0.2) is 16.6 Å². The van der Waals surface area contributed by atoms with Gasteiger partial charge >= 0.3 is 0 Å². The third-order valence-electron chi connectivity index (χ3n) is 3.57. The first-order valence-electron chi connectivity index (χ1n) is 7.67. The number of amides is 1. The van der Waals surface area contributed by atoms with E-state index in [0.29, 0.717) is 23.7 Å². The van der Waals surface area contributed by atoms with E-state index in [9.17, 15) is 4.79 Å². The lowest BCUT2D eigenvalue weighted by atomic mass is 10.1. The number of benzene rings is 1. The Hall–Kier alpha value is -0.980. The summed E-state index contributed by atoms with van der Waals surface area (Å²) in [6.07, 6.45) is 3.00. The lowest BCUT2D eigenvalue weighted by molar-refractivity contribution is 0.0930. The van der Waals surface area contributed by atoms with Crippen molar-refractivity contribution in [2.45, 2.75) is 32.2 Å². The number of rotatable bonds is 6. The number of halogens is 2. The average molecular weight is 408 g/mol. The number of carbonyl (C=O) groups is 1. The second-order valence-electron chi connectivity index (χ2n) is 5.35. The van der Waals surface area contributed by atoms with Crippen molar-refractivity contribution >= 4 is 34.2 Å². The van der Waals surface area contributed by atoms with Crippen LogP contribution in [0, 0.1) is 0 Å². The molecule has 0 spiro atoms. The Morgan fingerprint density at radius 1 is 1.48 bits per heavy atom. The van der Waals surface area contributed by atoms with E-state index in [-0.39, 0.29) is 24.4 Å². The minimum Gasteiger partial charge on any atom is -0.493 e. The van der Waals surface area contributed by atoms with Crippen LogP contribution < -0.4 is 20.1 Å².